The predicted molar refractivity (Wildman–Crippen MR) is 99.2 cm³/mol. The van der Waals surface area contributed by atoms with Crippen molar-refractivity contribution in [3.8, 4) is 5.75 Å². The van der Waals surface area contributed by atoms with E-state index in [1.54, 1.807) is 13.2 Å². The van der Waals surface area contributed by atoms with Crippen LogP contribution in [0.3, 0.4) is 0 Å². The van der Waals surface area contributed by atoms with Gasteiger partial charge in [-0.3, -0.25) is 0 Å². The lowest BCUT2D eigenvalue weighted by molar-refractivity contribution is 0.00488. The number of para-hydroxylation sites is 1. The average Bonchev–Trinajstić information content (AvgIpc) is 2.64. The zero-order valence-corrected chi connectivity index (χ0v) is 15.2. The predicted octanol–water partition coefficient (Wildman–Crippen LogP) is 3.58. The molecule has 0 fully saturated rings. The third-order valence-electron chi connectivity index (χ3n) is 3.87. The van der Waals surface area contributed by atoms with E-state index >= 15 is 0 Å². The van der Waals surface area contributed by atoms with Gasteiger partial charge in [-0.05, 0) is 36.8 Å². The van der Waals surface area contributed by atoms with Crippen LogP contribution in [0, 0.1) is 0 Å². The van der Waals surface area contributed by atoms with Crippen LogP contribution in [0.2, 0.25) is 5.02 Å². The Kier molecular flexibility index (Phi) is 7.10. The first-order valence-electron chi connectivity index (χ1n) is 8.04. The molecule has 0 aliphatic rings. The Morgan fingerprint density at radius 2 is 1.88 bits per heavy atom. The van der Waals surface area contributed by atoms with E-state index in [1.165, 1.54) is 0 Å². The summed E-state index contributed by atoms with van der Waals surface area (Å²) in [6.45, 7) is 3.02. The summed E-state index contributed by atoms with van der Waals surface area (Å²) in [7, 11) is 1.61. The lowest BCUT2D eigenvalue weighted by Crippen LogP contribution is -2.45. The summed E-state index contributed by atoms with van der Waals surface area (Å²) >= 11 is 6.04. The highest BCUT2D eigenvalue weighted by Gasteiger charge is 2.27. The summed E-state index contributed by atoms with van der Waals surface area (Å²) in [5.41, 5.74) is 0.234. The van der Waals surface area contributed by atoms with Gasteiger partial charge in [-0.2, -0.15) is 0 Å². The van der Waals surface area contributed by atoms with E-state index in [2.05, 4.69) is 10.6 Å². The highest BCUT2D eigenvalue weighted by Crippen LogP contribution is 2.26. The third kappa shape index (κ3) is 5.96. The zero-order valence-electron chi connectivity index (χ0n) is 14.4. The average molecular weight is 363 g/mol. The van der Waals surface area contributed by atoms with Gasteiger partial charge in [-0.25, -0.2) is 4.79 Å². The standard InChI is InChI=1S/C19H23ClN2O3/c1-19(24-2,15-7-6-8-16(20)13-15)14-22-18(23)21-11-12-25-17-9-4-3-5-10-17/h3-10,13H,11-12,14H2,1-2H3,(H2,21,22,23). The van der Waals surface area contributed by atoms with Crippen LogP contribution in [0.4, 0.5) is 4.79 Å². The molecule has 0 saturated heterocycles. The molecule has 1 unspecified atom stereocenters. The fourth-order valence-corrected chi connectivity index (χ4v) is 2.46. The molecular weight excluding hydrogens is 340 g/mol. The molecule has 2 aromatic rings. The molecule has 2 rings (SSSR count). The highest BCUT2D eigenvalue weighted by atomic mass is 35.5. The number of rotatable bonds is 8. The molecule has 1 atom stereocenters. The van der Waals surface area contributed by atoms with Crippen molar-refractivity contribution in [2.45, 2.75) is 12.5 Å². The Bertz CT molecular complexity index is 681. The maximum Gasteiger partial charge on any atom is 0.315 e. The fourth-order valence-electron chi connectivity index (χ4n) is 2.27. The van der Waals surface area contributed by atoms with Gasteiger partial charge in [0.2, 0.25) is 0 Å². The first-order valence-corrected chi connectivity index (χ1v) is 8.42. The Labute approximate surface area is 153 Å². The Balaban J connectivity index is 1.76. The Morgan fingerprint density at radius 1 is 1.12 bits per heavy atom. The SMILES string of the molecule is COC(C)(CNC(=O)NCCOc1ccccc1)c1cccc(Cl)c1. The number of urea groups is 1. The van der Waals surface area contributed by atoms with Gasteiger partial charge in [0.15, 0.2) is 0 Å². The fraction of sp³-hybridized carbons (Fsp3) is 0.316. The number of ether oxygens (including phenoxy) is 2. The van der Waals surface area contributed by atoms with Crippen molar-refractivity contribution in [1.82, 2.24) is 10.6 Å². The summed E-state index contributed by atoms with van der Waals surface area (Å²) in [6.07, 6.45) is 0. The second-order valence-corrected chi connectivity index (χ2v) is 6.15. The Morgan fingerprint density at radius 3 is 2.56 bits per heavy atom. The smallest absolute Gasteiger partial charge is 0.315 e. The van der Waals surface area contributed by atoms with Crippen molar-refractivity contribution in [1.29, 1.82) is 0 Å². The van der Waals surface area contributed by atoms with Gasteiger partial charge in [0.1, 0.15) is 18.0 Å². The topological polar surface area (TPSA) is 59.6 Å². The van der Waals surface area contributed by atoms with Crippen LogP contribution in [0.25, 0.3) is 0 Å². The maximum absolute atomic E-state index is 12.0. The molecule has 0 radical (unpaired) electrons. The van der Waals surface area contributed by atoms with Crippen LogP contribution in [-0.4, -0.2) is 32.8 Å². The molecule has 2 N–H and O–H groups in total. The van der Waals surface area contributed by atoms with Crippen molar-refractivity contribution >= 4 is 17.6 Å². The number of nitrogens with one attached hydrogen (secondary N) is 2. The van der Waals surface area contributed by atoms with E-state index in [0.717, 1.165) is 11.3 Å². The van der Waals surface area contributed by atoms with Gasteiger partial charge >= 0.3 is 6.03 Å². The molecule has 0 bridgehead atoms. The molecule has 134 valence electrons. The van der Waals surface area contributed by atoms with E-state index in [1.807, 2.05) is 55.5 Å². The minimum absolute atomic E-state index is 0.276. The largest absolute Gasteiger partial charge is 0.492 e. The first kappa shape index (κ1) is 19.1. The van der Waals surface area contributed by atoms with Crippen LogP contribution in [0.15, 0.2) is 54.6 Å². The van der Waals surface area contributed by atoms with E-state index < -0.39 is 5.60 Å². The molecule has 6 heteroatoms. The third-order valence-corrected chi connectivity index (χ3v) is 4.11. The van der Waals surface area contributed by atoms with E-state index in [4.69, 9.17) is 21.1 Å². The molecular formula is C19H23ClN2O3. The molecule has 0 aliphatic heterocycles. The van der Waals surface area contributed by atoms with Crippen molar-refractivity contribution < 1.29 is 14.3 Å². The van der Waals surface area contributed by atoms with E-state index in [0.29, 0.717) is 24.7 Å². The zero-order chi connectivity index (χ0) is 18.1. The van der Waals surface area contributed by atoms with Gasteiger partial charge in [0.25, 0.3) is 0 Å². The minimum Gasteiger partial charge on any atom is -0.492 e. The quantitative estimate of drug-likeness (QED) is 0.706. The van der Waals surface area contributed by atoms with Gasteiger partial charge in [-0.15, -0.1) is 0 Å². The number of halogens is 1. The van der Waals surface area contributed by atoms with Gasteiger partial charge in [-0.1, -0.05) is 41.9 Å². The summed E-state index contributed by atoms with van der Waals surface area (Å²) in [6, 6.07) is 16.6. The van der Waals surface area contributed by atoms with Crippen LogP contribution in [0.1, 0.15) is 12.5 Å². The number of benzene rings is 2. The molecule has 5 nitrogen and oxygen atoms in total. The second kappa shape index (κ2) is 9.30. The number of amides is 2. The van der Waals surface area contributed by atoms with Crippen LogP contribution in [-0.2, 0) is 10.3 Å². The first-order chi connectivity index (χ1) is 12.0. The number of methoxy groups -OCH3 is 1. The number of hydrogen-bond donors (Lipinski definition) is 2. The molecule has 0 heterocycles. The van der Waals surface area contributed by atoms with Gasteiger partial charge in [0, 0.05) is 12.1 Å². The minimum atomic E-state index is -0.664. The van der Waals surface area contributed by atoms with Gasteiger partial charge < -0.3 is 20.1 Å². The maximum atomic E-state index is 12.0. The van der Waals surface area contributed by atoms with Crippen LogP contribution < -0.4 is 15.4 Å². The van der Waals surface area contributed by atoms with Crippen molar-refractivity contribution in [3.63, 3.8) is 0 Å². The monoisotopic (exact) mass is 362 g/mol. The second-order valence-electron chi connectivity index (χ2n) is 5.72. The number of carbonyl (C=O) groups excluding carboxylic acids is 1. The molecule has 0 spiro atoms. The Hall–Kier alpha value is -2.24. The van der Waals surface area contributed by atoms with Crippen LogP contribution in [0.5, 0.6) is 5.75 Å². The highest BCUT2D eigenvalue weighted by molar-refractivity contribution is 6.30. The normalized spacial score (nSPS) is 12.9. The van der Waals surface area contributed by atoms with Crippen molar-refractivity contribution in [3.05, 3.63) is 65.2 Å². The van der Waals surface area contributed by atoms with Crippen LogP contribution >= 0.6 is 11.6 Å². The summed E-state index contributed by atoms with van der Waals surface area (Å²) in [5, 5.41) is 6.20. The lowest BCUT2D eigenvalue weighted by atomic mass is 9.96. The summed E-state index contributed by atoms with van der Waals surface area (Å²) in [4.78, 5) is 12.0. The molecule has 0 saturated carbocycles. The molecule has 2 amide bonds. The molecule has 25 heavy (non-hydrogen) atoms. The summed E-state index contributed by atoms with van der Waals surface area (Å²) < 4.78 is 11.1. The number of hydrogen-bond acceptors (Lipinski definition) is 3. The van der Waals surface area contributed by atoms with Crippen molar-refractivity contribution in [2.75, 3.05) is 26.8 Å². The molecule has 2 aromatic carbocycles. The summed E-state index contributed by atoms with van der Waals surface area (Å²) in [5.74, 6) is 0.776. The van der Waals surface area contributed by atoms with E-state index in [9.17, 15) is 4.79 Å². The van der Waals surface area contributed by atoms with Crippen molar-refractivity contribution in [2.24, 2.45) is 0 Å². The number of carbonyl (C=O) groups is 1. The van der Waals surface area contributed by atoms with Gasteiger partial charge in [0.05, 0.1) is 13.1 Å². The molecule has 0 aromatic heterocycles. The molecule has 0 aliphatic carbocycles. The lowest BCUT2D eigenvalue weighted by Gasteiger charge is -2.29. The van der Waals surface area contributed by atoms with E-state index in [-0.39, 0.29) is 6.03 Å².